The molecule has 0 aromatic carbocycles. The van der Waals surface area contributed by atoms with Gasteiger partial charge in [-0.2, -0.15) is 4.21 Å². The van der Waals surface area contributed by atoms with Crippen molar-refractivity contribution in [1.82, 2.24) is 0 Å². The summed E-state index contributed by atoms with van der Waals surface area (Å²) in [5.74, 6) is 0. The quantitative estimate of drug-likeness (QED) is 0.258. The minimum absolute atomic E-state index is 0. The Kier molecular flexibility index (Phi) is 14.4. The highest BCUT2D eigenvalue weighted by atomic mass is 35.7. The Morgan fingerprint density at radius 3 is 2.07 bits per heavy atom. The lowest BCUT2D eigenvalue weighted by Crippen LogP contribution is -3.00. The normalized spacial score (nSPS) is 11.4. The monoisotopic (exact) mass is 275 g/mol. The molecule has 6 heteroatoms. The van der Waals surface area contributed by atoms with Crippen LogP contribution in [0.5, 0.6) is 0 Å². The number of unbranched alkanes of at least 4 members (excludes halogenated alkanes) is 2. The Morgan fingerprint density at radius 1 is 1.27 bits per heavy atom. The van der Waals surface area contributed by atoms with Crippen LogP contribution in [0.4, 0.5) is 0 Å². The maximum Gasteiger partial charge on any atom is 0.339 e. The van der Waals surface area contributed by atoms with Crippen molar-refractivity contribution >= 4 is 27.4 Å². The minimum Gasteiger partial charge on any atom is -1.00 e. The van der Waals surface area contributed by atoms with Crippen molar-refractivity contribution in [2.75, 3.05) is 13.1 Å². The molecule has 0 spiro atoms. The number of hydrogen-bond donors (Lipinski definition) is 0. The Balaban J connectivity index is 0. The van der Waals surface area contributed by atoms with Crippen LogP contribution in [0.2, 0.25) is 0 Å². The van der Waals surface area contributed by atoms with E-state index in [1.54, 1.807) is 0 Å². The third-order valence-electron chi connectivity index (χ3n) is 1.87. The molecule has 0 aromatic rings. The average Bonchev–Trinajstić information content (AvgIpc) is 2.16. The van der Waals surface area contributed by atoms with Crippen molar-refractivity contribution in [2.24, 2.45) is 0 Å². The average molecular weight is 276 g/mol. The smallest absolute Gasteiger partial charge is 0.339 e. The van der Waals surface area contributed by atoms with E-state index in [4.69, 9.17) is 14.9 Å². The molecule has 0 heterocycles. The van der Waals surface area contributed by atoms with Gasteiger partial charge < -0.3 is 16.6 Å². The summed E-state index contributed by atoms with van der Waals surface area (Å²) in [4.78, 5) is 0. The molecule has 0 rings (SSSR count). The third-order valence-corrected chi connectivity index (χ3v) is 2.32. The van der Waals surface area contributed by atoms with Crippen molar-refractivity contribution in [1.29, 1.82) is 0 Å². The Labute approximate surface area is 105 Å². The molecule has 1 atom stereocenters. The van der Waals surface area contributed by atoms with E-state index in [9.17, 15) is 4.21 Å². The van der Waals surface area contributed by atoms with Gasteiger partial charge in [-0.3, -0.25) is 0 Å². The van der Waals surface area contributed by atoms with Gasteiger partial charge in [0.2, 0.25) is 0 Å². The number of hydrogen-bond acceptors (Lipinski definition) is 2. The van der Waals surface area contributed by atoms with Crippen LogP contribution in [0, 0.1) is 0 Å². The Hall–Kier alpha value is 0.200. The van der Waals surface area contributed by atoms with Crippen LogP contribution in [0.3, 0.4) is 0 Å². The van der Waals surface area contributed by atoms with Gasteiger partial charge in [0, 0.05) is 23.5 Å². The Bertz CT molecular complexity index is 191. The SMILES string of the molecule is CCCC[N+](=COS(=O)Cl)CCCC.[Cl-]. The van der Waals surface area contributed by atoms with Crippen LogP contribution in [-0.4, -0.2) is 28.3 Å². The van der Waals surface area contributed by atoms with Crippen LogP contribution < -0.4 is 12.4 Å². The van der Waals surface area contributed by atoms with Crippen LogP contribution in [-0.2, 0) is 14.5 Å². The summed E-state index contributed by atoms with van der Waals surface area (Å²) < 4.78 is 17.2. The second-order valence-electron chi connectivity index (χ2n) is 3.14. The van der Waals surface area contributed by atoms with Gasteiger partial charge in [-0.25, -0.2) is 4.58 Å². The van der Waals surface area contributed by atoms with E-state index in [1.165, 1.54) is 6.40 Å². The number of nitrogens with zero attached hydrogens (tertiary/aromatic N) is 1. The zero-order valence-electron chi connectivity index (χ0n) is 9.25. The molecule has 92 valence electrons. The van der Waals surface area contributed by atoms with Gasteiger partial charge >= 0.3 is 16.7 Å². The van der Waals surface area contributed by atoms with Crippen molar-refractivity contribution < 1.29 is 25.4 Å². The van der Waals surface area contributed by atoms with E-state index in [0.717, 1.165) is 38.8 Å². The summed E-state index contributed by atoms with van der Waals surface area (Å²) in [6, 6.07) is 0. The van der Waals surface area contributed by atoms with E-state index in [1.807, 2.05) is 4.58 Å². The maximum absolute atomic E-state index is 10.5. The lowest BCUT2D eigenvalue weighted by molar-refractivity contribution is -0.530. The van der Waals surface area contributed by atoms with Gasteiger partial charge in [0.25, 0.3) is 0 Å². The molecule has 3 nitrogen and oxygen atoms in total. The van der Waals surface area contributed by atoms with Gasteiger partial charge in [-0.05, 0) is 0 Å². The predicted octanol–water partition coefficient (Wildman–Crippen LogP) is -0.534. The van der Waals surface area contributed by atoms with E-state index in [-0.39, 0.29) is 12.4 Å². The molecule has 0 N–H and O–H groups in total. The first-order chi connectivity index (χ1) is 6.70. The molecule has 0 aliphatic heterocycles. The Morgan fingerprint density at radius 2 is 1.73 bits per heavy atom. The number of rotatable bonds is 8. The first kappa shape index (κ1) is 17.6. The summed E-state index contributed by atoms with van der Waals surface area (Å²) >= 11 is 0. The zero-order valence-corrected chi connectivity index (χ0v) is 11.6. The first-order valence-corrected chi connectivity index (χ1v) is 6.93. The molecule has 0 aromatic heterocycles. The van der Waals surface area contributed by atoms with Crippen LogP contribution >= 0.6 is 10.7 Å². The van der Waals surface area contributed by atoms with Crippen molar-refractivity contribution in [3.8, 4) is 0 Å². The van der Waals surface area contributed by atoms with Gasteiger partial charge in [0.1, 0.15) is 13.1 Å². The van der Waals surface area contributed by atoms with Gasteiger partial charge in [0.15, 0.2) is 0 Å². The second-order valence-corrected chi connectivity index (χ2v) is 4.48. The molecule has 0 aliphatic carbocycles. The summed E-state index contributed by atoms with van der Waals surface area (Å²) in [7, 11) is 3.46. The standard InChI is InChI=1S/C9H19ClNO2S.ClH/c1-3-5-7-11(8-6-4-2)9-13-14(10)12;/h9H,3-8H2,1-2H3;1H/q+1;/p-1. The lowest BCUT2D eigenvalue weighted by Gasteiger charge is -2.00. The van der Waals surface area contributed by atoms with Crippen molar-refractivity contribution in [3.05, 3.63) is 0 Å². The maximum atomic E-state index is 10.5. The van der Waals surface area contributed by atoms with E-state index in [2.05, 4.69) is 13.8 Å². The fourth-order valence-corrected chi connectivity index (χ4v) is 1.32. The highest BCUT2D eigenvalue weighted by Gasteiger charge is 2.04. The third kappa shape index (κ3) is 12.1. The molecule has 0 saturated heterocycles. The molecule has 0 amide bonds. The first-order valence-electron chi connectivity index (χ1n) is 5.03. The number of halogens is 2. The molecule has 0 fully saturated rings. The second kappa shape index (κ2) is 12.3. The molecule has 0 radical (unpaired) electrons. The summed E-state index contributed by atoms with van der Waals surface area (Å²) in [6.07, 6.45) is 5.98. The minimum atomic E-state index is -1.72. The summed E-state index contributed by atoms with van der Waals surface area (Å²) in [5.41, 5.74) is 0. The van der Waals surface area contributed by atoms with Crippen LogP contribution in [0.15, 0.2) is 0 Å². The van der Waals surface area contributed by atoms with Gasteiger partial charge in [-0.15, -0.1) is 0 Å². The summed E-state index contributed by atoms with van der Waals surface area (Å²) in [6.45, 7) is 6.15. The fraction of sp³-hybridized carbons (Fsp3) is 0.889. The fourth-order valence-electron chi connectivity index (χ4n) is 1.03. The van der Waals surface area contributed by atoms with Crippen LogP contribution in [0.1, 0.15) is 39.5 Å². The summed E-state index contributed by atoms with van der Waals surface area (Å²) in [5, 5.41) is 0. The topological polar surface area (TPSA) is 29.3 Å². The van der Waals surface area contributed by atoms with Crippen molar-refractivity contribution in [2.45, 2.75) is 39.5 Å². The molecule has 0 saturated carbocycles. The van der Waals surface area contributed by atoms with E-state index >= 15 is 0 Å². The van der Waals surface area contributed by atoms with Gasteiger partial charge in [0.05, 0.1) is 0 Å². The van der Waals surface area contributed by atoms with E-state index < -0.39 is 10.3 Å². The molecule has 1 unspecified atom stereocenters. The van der Waals surface area contributed by atoms with Gasteiger partial charge in [-0.1, -0.05) is 26.7 Å². The molecule has 0 aliphatic rings. The predicted molar refractivity (Wildman–Crippen MR) is 61.0 cm³/mol. The lowest BCUT2D eigenvalue weighted by atomic mass is 10.3. The molecule has 0 bridgehead atoms. The molecular weight excluding hydrogens is 257 g/mol. The van der Waals surface area contributed by atoms with Crippen LogP contribution in [0.25, 0.3) is 0 Å². The largest absolute Gasteiger partial charge is 1.00 e. The molecular formula is C9H19Cl2NO2S. The highest BCUT2D eigenvalue weighted by Crippen LogP contribution is 1.94. The molecule has 15 heavy (non-hydrogen) atoms. The van der Waals surface area contributed by atoms with E-state index in [0.29, 0.717) is 0 Å². The zero-order chi connectivity index (χ0) is 10.8. The van der Waals surface area contributed by atoms with Crippen molar-refractivity contribution in [3.63, 3.8) is 0 Å². The highest BCUT2D eigenvalue weighted by molar-refractivity contribution is 8.04.